The first kappa shape index (κ1) is 15.0. The van der Waals surface area contributed by atoms with Crippen LogP contribution >= 0.6 is 0 Å². The van der Waals surface area contributed by atoms with Crippen LogP contribution in [0.1, 0.15) is 38.5 Å². The molecular formula is C18H22N6O. The monoisotopic (exact) mass is 338 g/mol. The SMILES string of the molecule is NNC(=O)C12C[C@H]3C[C@H](C1)CC(n1nnc(-c4ccccc4)n1)(C3)C2. The molecule has 1 heterocycles. The lowest BCUT2D eigenvalue weighted by Gasteiger charge is -2.60. The minimum Gasteiger partial charge on any atom is -0.294 e. The van der Waals surface area contributed by atoms with E-state index in [0.29, 0.717) is 17.7 Å². The molecule has 0 aliphatic heterocycles. The second kappa shape index (κ2) is 5.11. The molecule has 1 aromatic carbocycles. The summed E-state index contributed by atoms with van der Waals surface area (Å²) in [5, 5.41) is 13.4. The van der Waals surface area contributed by atoms with Crippen LogP contribution in [-0.4, -0.2) is 26.1 Å². The van der Waals surface area contributed by atoms with E-state index in [1.807, 2.05) is 35.1 Å². The molecule has 130 valence electrons. The summed E-state index contributed by atoms with van der Waals surface area (Å²) in [5.74, 6) is 7.23. The molecule has 4 fully saturated rings. The van der Waals surface area contributed by atoms with Gasteiger partial charge in [-0.2, -0.15) is 4.80 Å². The van der Waals surface area contributed by atoms with Crippen molar-refractivity contribution in [2.75, 3.05) is 0 Å². The van der Waals surface area contributed by atoms with Gasteiger partial charge >= 0.3 is 0 Å². The van der Waals surface area contributed by atoms with Gasteiger partial charge in [0.25, 0.3) is 0 Å². The summed E-state index contributed by atoms with van der Waals surface area (Å²) < 4.78 is 0. The lowest BCUT2D eigenvalue weighted by Crippen LogP contribution is -2.62. The molecule has 4 aliphatic carbocycles. The van der Waals surface area contributed by atoms with E-state index >= 15 is 0 Å². The summed E-state index contributed by atoms with van der Waals surface area (Å²) in [6, 6.07) is 9.90. The van der Waals surface area contributed by atoms with Crippen LogP contribution in [0.4, 0.5) is 0 Å². The molecule has 0 spiro atoms. The van der Waals surface area contributed by atoms with Crippen LogP contribution in [0.25, 0.3) is 11.4 Å². The largest absolute Gasteiger partial charge is 0.294 e. The van der Waals surface area contributed by atoms with E-state index in [4.69, 9.17) is 10.9 Å². The van der Waals surface area contributed by atoms with Gasteiger partial charge in [-0.05, 0) is 55.6 Å². The van der Waals surface area contributed by atoms with Crippen molar-refractivity contribution in [1.82, 2.24) is 25.6 Å². The van der Waals surface area contributed by atoms with Crippen LogP contribution in [0, 0.1) is 17.3 Å². The smallest absolute Gasteiger partial charge is 0.240 e. The van der Waals surface area contributed by atoms with E-state index in [2.05, 4.69) is 15.7 Å². The van der Waals surface area contributed by atoms with Crippen molar-refractivity contribution in [2.45, 2.75) is 44.1 Å². The Kier molecular flexibility index (Phi) is 3.07. The fraction of sp³-hybridized carbons (Fsp3) is 0.556. The fourth-order valence-electron chi connectivity index (χ4n) is 5.99. The summed E-state index contributed by atoms with van der Waals surface area (Å²) in [4.78, 5) is 14.4. The van der Waals surface area contributed by atoms with E-state index in [1.165, 1.54) is 6.42 Å². The molecule has 1 aromatic heterocycles. The van der Waals surface area contributed by atoms with Gasteiger partial charge in [-0.3, -0.25) is 10.2 Å². The number of hydrazine groups is 1. The van der Waals surface area contributed by atoms with Gasteiger partial charge in [0.15, 0.2) is 0 Å². The van der Waals surface area contributed by atoms with Crippen molar-refractivity contribution in [2.24, 2.45) is 23.1 Å². The van der Waals surface area contributed by atoms with Crippen molar-refractivity contribution in [1.29, 1.82) is 0 Å². The highest BCUT2D eigenvalue weighted by molar-refractivity contribution is 5.82. The summed E-state index contributed by atoms with van der Waals surface area (Å²) in [5.41, 5.74) is 2.82. The summed E-state index contributed by atoms with van der Waals surface area (Å²) in [6.45, 7) is 0. The molecule has 2 atom stereocenters. The number of rotatable bonds is 3. The molecule has 4 bridgehead atoms. The van der Waals surface area contributed by atoms with Crippen molar-refractivity contribution in [3.05, 3.63) is 30.3 Å². The lowest BCUT2D eigenvalue weighted by atomic mass is 9.46. The van der Waals surface area contributed by atoms with Crippen LogP contribution in [0.15, 0.2) is 30.3 Å². The Morgan fingerprint density at radius 1 is 1.16 bits per heavy atom. The summed E-state index contributed by atoms with van der Waals surface area (Å²) in [7, 11) is 0. The third-order valence-electron chi connectivity index (χ3n) is 6.51. The van der Waals surface area contributed by atoms with Crippen LogP contribution in [0.3, 0.4) is 0 Å². The Morgan fingerprint density at radius 3 is 2.56 bits per heavy atom. The maximum atomic E-state index is 12.6. The average Bonchev–Trinajstić information content (AvgIpc) is 3.12. The summed E-state index contributed by atoms with van der Waals surface area (Å²) >= 11 is 0. The van der Waals surface area contributed by atoms with E-state index < -0.39 is 0 Å². The highest BCUT2D eigenvalue weighted by Crippen LogP contribution is 2.63. The zero-order chi connectivity index (χ0) is 17.1. The van der Waals surface area contributed by atoms with Gasteiger partial charge in [0.2, 0.25) is 11.7 Å². The zero-order valence-corrected chi connectivity index (χ0v) is 14.1. The van der Waals surface area contributed by atoms with E-state index in [0.717, 1.165) is 37.7 Å². The van der Waals surface area contributed by atoms with Crippen molar-refractivity contribution in [3.8, 4) is 11.4 Å². The van der Waals surface area contributed by atoms with Crippen LogP contribution < -0.4 is 11.3 Å². The van der Waals surface area contributed by atoms with Gasteiger partial charge < -0.3 is 0 Å². The number of carbonyl (C=O) groups excluding carboxylic acids is 1. The predicted molar refractivity (Wildman–Crippen MR) is 90.7 cm³/mol. The quantitative estimate of drug-likeness (QED) is 0.503. The van der Waals surface area contributed by atoms with Crippen LogP contribution in [-0.2, 0) is 10.3 Å². The fourth-order valence-corrected chi connectivity index (χ4v) is 5.99. The number of nitrogens with one attached hydrogen (secondary N) is 1. The van der Waals surface area contributed by atoms with Gasteiger partial charge in [0, 0.05) is 5.56 Å². The van der Waals surface area contributed by atoms with Gasteiger partial charge in [-0.25, -0.2) is 5.84 Å². The molecule has 1 amide bonds. The number of amides is 1. The topological polar surface area (TPSA) is 98.7 Å². The number of tetrazole rings is 1. The first-order valence-corrected chi connectivity index (χ1v) is 9.00. The molecule has 0 saturated heterocycles. The van der Waals surface area contributed by atoms with E-state index in [9.17, 15) is 4.79 Å². The maximum absolute atomic E-state index is 12.6. The highest BCUT2D eigenvalue weighted by Gasteiger charge is 2.62. The van der Waals surface area contributed by atoms with Gasteiger partial charge in [-0.1, -0.05) is 30.3 Å². The minimum absolute atomic E-state index is 0.0191. The van der Waals surface area contributed by atoms with Crippen LogP contribution in [0.2, 0.25) is 0 Å². The normalized spacial score (nSPS) is 35.7. The third-order valence-corrected chi connectivity index (χ3v) is 6.51. The molecule has 25 heavy (non-hydrogen) atoms. The second-order valence-corrected chi connectivity index (χ2v) is 8.21. The molecule has 6 rings (SSSR count). The van der Waals surface area contributed by atoms with E-state index in [1.54, 1.807) is 0 Å². The van der Waals surface area contributed by atoms with Gasteiger partial charge in [0.1, 0.15) is 0 Å². The molecule has 7 heteroatoms. The molecule has 2 aromatic rings. The predicted octanol–water partition coefficient (Wildman–Crippen LogP) is 1.63. The average molecular weight is 338 g/mol. The number of aromatic nitrogens is 4. The number of carbonyl (C=O) groups is 1. The molecule has 0 unspecified atom stereocenters. The lowest BCUT2D eigenvalue weighted by molar-refractivity contribution is -0.157. The maximum Gasteiger partial charge on any atom is 0.240 e. The molecule has 4 saturated carbocycles. The van der Waals surface area contributed by atoms with Gasteiger partial charge in [-0.15, -0.1) is 10.2 Å². The van der Waals surface area contributed by atoms with Crippen molar-refractivity contribution >= 4 is 5.91 Å². The zero-order valence-electron chi connectivity index (χ0n) is 14.1. The second-order valence-electron chi connectivity index (χ2n) is 8.21. The Hall–Kier alpha value is -2.28. The standard InChI is InChI=1S/C18H22N6O/c19-20-16(25)17-7-12-6-13(8-17)10-18(9-12,11-17)24-22-15(21-23-24)14-4-2-1-3-5-14/h1-5,12-13H,6-11,19H2,(H,20,25)/t12-,13-,17?,18?/m1/s1. The van der Waals surface area contributed by atoms with Crippen LogP contribution in [0.5, 0.6) is 0 Å². The highest BCUT2D eigenvalue weighted by atomic mass is 16.2. The number of nitrogens with two attached hydrogens (primary N) is 1. The number of nitrogens with zero attached hydrogens (tertiary/aromatic N) is 4. The molecule has 0 radical (unpaired) electrons. The molecular weight excluding hydrogens is 316 g/mol. The Balaban J connectivity index is 1.54. The van der Waals surface area contributed by atoms with Crippen molar-refractivity contribution in [3.63, 3.8) is 0 Å². The Labute approximate surface area is 145 Å². The van der Waals surface area contributed by atoms with E-state index in [-0.39, 0.29) is 16.9 Å². The molecule has 4 aliphatic rings. The Bertz CT molecular complexity index is 802. The Morgan fingerprint density at radius 2 is 1.88 bits per heavy atom. The summed E-state index contributed by atoms with van der Waals surface area (Å²) in [6.07, 6.45) is 5.92. The number of hydrogen-bond donors (Lipinski definition) is 2. The van der Waals surface area contributed by atoms with Gasteiger partial charge in [0.05, 0.1) is 11.0 Å². The third kappa shape index (κ3) is 2.15. The molecule has 7 nitrogen and oxygen atoms in total. The number of benzene rings is 1. The van der Waals surface area contributed by atoms with Crippen molar-refractivity contribution < 1.29 is 4.79 Å². The number of hydrogen-bond acceptors (Lipinski definition) is 5. The first-order valence-electron chi connectivity index (χ1n) is 9.00. The molecule has 3 N–H and O–H groups in total. The minimum atomic E-state index is -0.362. The first-order chi connectivity index (χ1) is 12.1.